The summed E-state index contributed by atoms with van der Waals surface area (Å²) >= 11 is 0. The first-order valence-electron chi connectivity index (χ1n) is 13.3. The van der Waals surface area contributed by atoms with Crippen LogP contribution in [0.5, 0.6) is 11.5 Å². The molecule has 1 N–H and O–H groups in total. The molecule has 0 aromatic heterocycles. The number of hydrogen-bond acceptors (Lipinski definition) is 5. The van der Waals surface area contributed by atoms with Crippen LogP contribution in [-0.4, -0.2) is 41.5 Å². The van der Waals surface area contributed by atoms with Crippen LogP contribution < -0.4 is 9.47 Å². The molecule has 6 heteroatoms. The zero-order chi connectivity index (χ0) is 26.9. The second-order valence-corrected chi connectivity index (χ2v) is 9.29. The monoisotopic (exact) mass is 513 g/mol. The molecule has 4 rings (SSSR count). The van der Waals surface area contributed by atoms with Crippen LogP contribution in [-0.2, 0) is 16.0 Å². The Bertz CT molecular complexity index is 1270. The number of likely N-dealkylation sites (tertiary alicyclic amines) is 1. The fourth-order valence-corrected chi connectivity index (χ4v) is 4.72. The minimum Gasteiger partial charge on any atom is -0.507 e. The van der Waals surface area contributed by atoms with Gasteiger partial charge in [-0.15, -0.1) is 0 Å². The van der Waals surface area contributed by atoms with E-state index in [4.69, 9.17) is 9.47 Å². The van der Waals surface area contributed by atoms with E-state index in [2.05, 4.69) is 6.92 Å². The summed E-state index contributed by atoms with van der Waals surface area (Å²) in [6.45, 7) is 5.38. The van der Waals surface area contributed by atoms with E-state index in [0.717, 1.165) is 24.8 Å². The summed E-state index contributed by atoms with van der Waals surface area (Å²) in [6, 6.07) is 23.4. The first kappa shape index (κ1) is 27.0. The molecule has 0 spiro atoms. The molecule has 1 unspecified atom stereocenters. The number of carbonyl (C=O) groups is 2. The smallest absolute Gasteiger partial charge is 0.295 e. The first-order valence-corrected chi connectivity index (χ1v) is 13.3. The molecular formula is C32H35NO5. The van der Waals surface area contributed by atoms with Crippen LogP contribution >= 0.6 is 0 Å². The van der Waals surface area contributed by atoms with Gasteiger partial charge in [0.05, 0.1) is 24.8 Å². The number of aliphatic hydroxyl groups is 1. The van der Waals surface area contributed by atoms with Crippen LogP contribution in [0.2, 0.25) is 0 Å². The minimum absolute atomic E-state index is 0.0772. The van der Waals surface area contributed by atoms with Gasteiger partial charge in [0.1, 0.15) is 5.76 Å². The van der Waals surface area contributed by atoms with Crippen LogP contribution in [0.4, 0.5) is 0 Å². The number of benzene rings is 3. The fourth-order valence-electron chi connectivity index (χ4n) is 4.72. The van der Waals surface area contributed by atoms with Gasteiger partial charge in [0.2, 0.25) is 0 Å². The highest BCUT2D eigenvalue weighted by molar-refractivity contribution is 6.46. The third-order valence-corrected chi connectivity index (χ3v) is 6.66. The van der Waals surface area contributed by atoms with Crippen molar-refractivity contribution in [2.75, 3.05) is 19.8 Å². The number of ether oxygens (including phenoxy) is 2. The molecule has 1 saturated heterocycles. The third kappa shape index (κ3) is 6.08. The van der Waals surface area contributed by atoms with Crippen LogP contribution in [0.1, 0.15) is 55.8 Å². The van der Waals surface area contributed by atoms with E-state index in [0.29, 0.717) is 48.8 Å². The molecule has 1 amide bonds. The maximum absolute atomic E-state index is 13.3. The molecule has 1 heterocycles. The molecule has 1 aliphatic rings. The van der Waals surface area contributed by atoms with Crippen LogP contribution in [0.3, 0.4) is 0 Å². The van der Waals surface area contributed by atoms with Gasteiger partial charge in [-0.2, -0.15) is 0 Å². The number of unbranched alkanes of at least 4 members (excludes halogenated alkanes) is 2. The molecule has 1 fully saturated rings. The molecule has 3 aromatic rings. The van der Waals surface area contributed by atoms with Crippen molar-refractivity contribution in [2.45, 2.75) is 45.6 Å². The summed E-state index contributed by atoms with van der Waals surface area (Å²) in [5.74, 6) is -0.330. The molecular weight excluding hydrogens is 478 g/mol. The number of aliphatic hydroxyl groups excluding tert-OH is 1. The Morgan fingerprint density at radius 1 is 0.868 bits per heavy atom. The molecule has 6 nitrogen and oxygen atoms in total. The summed E-state index contributed by atoms with van der Waals surface area (Å²) in [5.41, 5.74) is 2.30. The van der Waals surface area contributed by atoms with Gasteiger partial charge in [0.15, 0.2) is 11.5 Å². The van der Waals surface area contributed by atoms with Crippen molar-refractivity contribution in [3.63, 3.8) is 0 Å². The SMILES string of the molecule is CCCCCOc1ccc(C2C(=C(O)c3ccccc3)C(=O)C(=O)N2CCc2ccccc2)cc1OCC. The molecule has 0 bridgehead atoms. The van der Waals surface area contributed by atoms with Crippen molar-refractivity contribution in [1.29, 1.82) is 0 Å². The number of nitrogens with zero attached hydrogens (tertiary/aromatic N) is 1. The second-order valence-electron chi connectivity index (χ2n) is 9.29. The fraction of sp³-hybridized carbons (Fsp3) is 0.312. The van der Waals surface area contributed by atoms with E-state index in [-0.39, 0.29) is 11.3 Å². The molecule has 1 atom stereocenters. The van der Waals surface area contributed by atoms with Crippen molar-refractivity contribution < 1.29 is 24.2 Å². The van der Waals surface area contributed by atoms with Crippen molar-refractivity contribution in [3.05, 3.63) is 101 Å². The number of Topliss-reactive ketones (excluding diaryl/α,β-unsaturated/α-hetero) is 1. The topological polar surface area (TPSA) is 76.1 Å². The van der Waals surface area contributed by atoms with Crippen molar-refractivity contribution in [2.24, 2.45) is 0 Å². The Kier molecular flexibility index (Phi) is 9.20. The van der Waals surface area contributed by atoms with Crippen LogP contribution in [0.15, 0.2) is 84.4 Å². The molecule has 198 valence electrons. The molecule has 38 heavy (non-hydrogen) atoms. The quantitative estimate of drug-likeness (QED) is 0.133. The lowest BCUT2D eigenvalue weighted by molar-refractivity contribution is -0.139. The number of carbonyl (C=O) groups excluding carboxylic acids is 2. The summed E-state index contributed by atoms with van der Waals surface area (Å²) < 4.78 is 11.9. The highest BCUT2D eigenvalue weighted by Gasteiger charge is 2.46. The summed E-state index contributed by atoms with van der Waals surface area (Å²) in [4.78, 5) is 28.2. The molecule has 0 radical (unpaired) electrons. The molecule has 3 aromatic carbocycles. The minimum atomic E-state index is -0.757. The van der Waals surface area contributed by atoms with Gasteiger partial charge in [-0.05, 0) is 43.0 Å². The van der Waals surface area contributed by atoms with Gasteiger partial charge in [0, 0.05) is 12.1 Å². The number of hydrogen-bond donors (Lipinski definition) is 1. The van der Waals surface area contributed by atoms with Crippen LogP contribution in [0.25, 0.3) is 5.76 Å². The van der Waals surface area contributed by atoms with E-state index in [9.17, 15) is 14.7 Å². The lowest BCUT2D eigenvalue weighted by Crippen LogP contribution is -2.31. The average molecular weight is 514 g/mol. The Morgan fingerprint density at radius 3 is 2.26 bits per heavy atom. The zero-order valence-electron chi connectivity index (χ0n) is 22.1. The maximum atomic E-state index is 13.3. The van der Waals surface area contributed by atoms with Gasteiger partial charge in [-0.25, -0.2) is 0 Å². The van der Waals surface area contributed by atoms with Gasteiger partial charge in [-0.3, -0.25) is 9.59 Å². The highest BCUT2D eigenvalue weighted by Crippen LogP contribution is 2.42. The van der Waals surface area contributed by atoms with E-state index in [1.165, 1.54) is 0 Å². The first-order chi connectivity index (χ1) is 18.5. The third-order valence-electron chi connectivity index (χ3n) is 6.66. The lowest BCUT2D eigenvalue weighted by atomic mass is 9.95. The largest absolute Gasteiger partial charge is 0.507 e. The Morgan fingerprint density at radius 2 is 1.58 bits per heavy atom. The predicted molar refractivity (Wildman–Crippen MR) is 148 cm³/mol. The second kappa shape index (κ2) is 13.0. The highest BCUT2D eigenvalue weighted by atomic mass is 16.5. The molecule has 1 aliphatic heterocycles. The van der Waals surface area contributed by atoms with Crippen molar-refractivity contribution >= 4 is 17.4 Å². The Labute approximate surface area is 224 Å². The zero-order valence-corrected chi connectivity index (χ0v) is 22.1. The van der Waals surface area contributed by atoms with E-state index in [1.807, 2.05) is 61.5 Å². The Balaban J connectivity index is 1.75. The summed E-state index contributed by atoms with van der Waals surface area (Å²) in [6.07, 6.45) is 3.70. The average Bonchev–Trinajstić information content (AvgIpc) is 3.20. The molecule has 0 aliphatic carbocycles. The van der Waals surface area contributed by atoms with Gasteiger partial charge in [-0.1, -0.05) is 86.5 Å². The maximum Gasteiger partial charge on any atom is 0.295 e. The van der Waals surface area contributed by atoms with E-state index >= 15 is 0 Å². The van der Waals surface area contributed by atoms with Gasteiger partial charge >= 0.3 is 0 Å². The number of ketones is 1. The van der Waals surface area contributed by atoms with Gasteiger partial charge in [0.25, 0.3) is 11.7 Å². The predicted octanol–water partition coefficient (Wildman–Crippen LogP) is 6.32. The van der Waals surface area contributed by atoms with E-state index in [1.54, 1.807) is 29.2 Å². The standard InChI is InChI=1S/C32H35NO5/c1-3-5-12-21-38-26-18-17-25(22-27(26)37-4-2)29-28(30(34)24-15-10-7-11-16-24)31(35)32(36)33(29)20-19-23-13-8-6-9-14-23/h6-11,13-18,22,29,34H,3-5,12,19-21H2,1-2H3. The van der Waals surface area contributed by atoms with Crippen LogP contribution in [0, 0.1) is 0 Å². The molecule has 0 saturated carbocycles. The number of amides is 1. The number of rotatable bonds is 12. The summed E-state index contributed by atoms with van der Waals surface area (Å²) in [5, 5.41) is 11.3. The van der Waals surface area contributed by atoms with Crippen molar-refractivity contribution in [1.82, 2.24) is 4.90 Å². The van der Waals surface area contributed by atoms with Gasteiger partial charge < -0.3 is 19.5 Å². The Hall–Kier alpha value is -4.06. The van der Waals surface area contributed by atoms with Crippen molar-refractivity contribution in [3.8, 4) is 11.5 Å². The van der Waals surface area contributed by atoms with E-state index < -0.39 is 17.7 Å². The normalized spacial score (nSPS) is 16.6. The lowest BCUT2D eigenvalue weighted by Gasteiger charge is -2.26. The summed E-state index contributed by atoms with van der Waals surface area (Å²) in [7, 11) is 0.